The molecular weight excluding hydrogens is 270 g/mol. The summed E-state index contributed by atoms with van der Waals surface area (Å²) in [4.78, 5) is 35.6. The molecule has 0 aromatic heterocycles. The number of rotatable bonds is 2. The SMILES string of the molecule is CC1(c2cccc3ccccc23)C(=O)NC(=O)C1C(=O)O. The van der Waals surface area contributed by atoms with E-state index in [0.29, 0.717) is 5.56 Å². The maximum absolute atomic E-state index is 12.3. The molecule has 2 N–H and O–H groups in total. The molecule has 2 aromatic carbocycles. The second-order valence-corrected chi connectivity index (χ2v) is 5.32. The summed E-state index contributed by atoms with van der Waals surface area (Å²) < 4.78 is 0. The first kappa shape index (κ1) is 13.3. The van der Waals surface area contributed by atoms with Gasteiger partial charge < -0.3 is 5.11 Å². The van der Waals surface area contributed by atoms with Crippen LogP contribution in [-0.4, -0.2) is 22.9 Å². The highest BCUT2D eigenvalue weighted by Gasteiger charge is 2.57. The van der Waals surface area contributed by atoms with Crippen LogP contribution in [0.15, 0.2) is 42.5 Å². The van der Waals surface area contributed by atoms with Crippen molar-refractivity contribution in [2.75, 3.05) is 0 Å². The van der Waals surface area contributed by atoms with E-state index < -0.39 is 29.1 Å². The fraction of sp³-hybridized carbons (Fsp3) is 0.188. The predicted molar refractivity (Wildman–Crippen MR) is 75.6 cm³/mol. The Kier molecular flexibility index (Phi) is 2.79. The number of aliphatic carboxylic acids is 1. The summed E-state index contributed by atoms with van der Waals surface area (Å²) >= 11 is 0. The van der Waals surface area contributed by atoms with Crippen molar-refractivity contribution >= 4 is 28.6 Å². The number of carbonyl (C=O) groups excluding carboxylic acids is 2. The Balaban J connectivity index is 2.31. The van der Waals surface area contributed by atoms with Crippen LogP contribution in [0.4, 0.5) is 0 Å². The van der Waals surface area contributed by atoms with Crippen LogP contribution in [0.1, 0.15) is 12.5 Å². The van der Waals surface area contributed by atoms with E-state index in [4.69, 9.17) is 0 Å². The summed E-state index contributed by atoms with van der Waals surface area (Å²) in [6, 6.07) is 12.7. The molecular formula is C16H13NO4. The Morgan fingerprint density at radius 1 is 1.14 bits per heavy atom. The molecule has 0 saturated carbocycles. The highest BCUT2D eigenvalue weighted by Crippen LogP contribution is 2.40. The van der Waals surface area contributed by atoms with Crippen LogP contribution in [0.2, 0.25) is 0 Å². The van der Waals surface area contributed by atoms with Crippen molar-refractivity contribution in [2.45, 2.75) is 12.3 Å². The quantitative estimate of drug-likeness (QED) is 0.645. The van der Waals surface area contributed by atoms with Crippen LogP contribution in [0, 0.1) is 5.92 Å². The molecule has 106 valence electrons. The number of hydrogen-bond donors (Lipinski definition) is 2. The number of carbonyl (C=O) groups is 3. The number of benzene rings is 2. The van der Waals surface area contributed by atoms with Gasteiger partial charge in [0.25, 0.3) is 0 Å². The first-order chi connectivity index (χ1) is 9.96. The molecule has 2 unspecified atom stereocenters. The third-order valence-electron chi connectivity index (χ3n) is 4.14. The highest BCUT2D eigenvalue weighted by atomic mass is 16.4. The highest BCUT2D eigenvalue weighted by molar-refractivity contribution is 6.18. The Morgan fingerprint density at radius 2 is 1.81 bits per heavy atom. The van der Waals surface area contributed by atoms with Gasteiger partial charge in [0.15, 0.2) is 5.92 Å². The van der Waals surface area contributed by atoms with Gasteiger partial charge in [-0.2, -0.15) is 0 Å². The maximum Gasteiger partial charge on any atom is 0.317 e. The molecule has 5 heteroatoms. The minimum atomic E-state index is -1.42. The lowest BCUT2D eigenvalue weighted by Crippen LogP contribution is -2.40. The Hall–Kier alpha value is -2.69. The van der Waals surface area contributed by atoms with Crippen LogP contribution in [0.5, 0.6) is 0 Å². The van der Waals surface area contributed by atoms with Gasteiger partial charge >= 0.3 is 5.97 Å². The summed E-state index contributed by atoms with van der Waals surface area (Å²) in [6.07, 6.45) is 0. The van der Waals surface area contributed by atoms with Gasteiger partial charge in [-0.25, -0.2) is 0 Å². The zero-order chi connectivity index (χ0) is 15.2. The van der Waals surface area contributed by atoms with Crippen LogP contribution in [0.25, 0.3) is 10.8 Å². The van der Waals surface area contributed by atoms with E-state index in [-0.39, 0.29) is 0 Å². The van der Waals surface area contributed by atoms with Gasteiger partial charge in [-0.05, 0) is 23.3 Å². The molecule has 2 amide bonds. The molecule has 2 aromatic rings. The minimum absolute atomic E-state index is 0.552. The van der Waals surface area contributed by atoms with Crippen molar-refractivity contribution in [3.63, 3.8) is 0 Å². The third-order valence-corrected chi connectivity index (χ3v) is 4.14. The summed E-state index contributed by atoms with van der Waals surface area (Å²) in [7, 11) is 0. The molecule has 0 radical (unpaired) electrons. The van der Waals surface area contributed by atoms with E-state index in [0.717, 1.165) is 10.8 Å². The first-order valence-corrected chi connectivity index (χ1v) is 6.52. The topological polar surface area (TPSA) is 83.5 Å². The number of fused-ring (bicyclic) bond motifs is 1. The number of carboxylic acid groups (broad SMARTS) is 1. The Bertz CT molecular complexity index is 777. The maximum atomic E-state index is 12.3. The molecule has 3 rings (SSSR count). The van der Waals surface area contributed by atoms with E-state index in [2.05, 4.69) is 5.32 Å². The lowest BCUT2D eigenvalue weighted by atomic mass is 9.72. The van der Waals surface area contributed by atoms with Crippen molar-refractivity contribution < 1.29 is 19.5 Å². The number of amides is 2. The summed E-state index contributed by atoms with van der Waals surface area (Å²) in [5.74, 6) is -4.05. The fourth-order valence-electron chi connectivity index (χ4n) is 3.02. The molecule has 5 nitrogen and oxygen atoms in total. The Labute approximate surface area is 120 Å². The minimum Gasteiger partial charge on any atom is -0.481 e. The van der Waals surface area contributed by atoms with E-state index in [9.17, 15) is 19.5 Å². The fourth-order valence-corrected chi connectivity index (χ4v) is 3.02. The van der Waals surface area contributed by atoms with Gasteiger partial charge in [-0.15, -0.1) is 0 Å². The second kappa shape index (κ2) is 4.41. The van der Waals surface area contributed by atoms with Gasteiger partial charge in [0, 0.05) is 0 Å². The summed E-state index contributed by atoms with van der Waals surface area (Å²) in [6.45, 7) is 1.51. The average molecular weight is 283 g/mol. The monoisotopic (exact) mass is 283 g/mol. The van der Waals surface area contributed by atoms with Crippen molar-refractivity contribution in [2.24, 2.45) is 5.92 Å². The van der Waals surface area contributed by atoms with Crippen molar-refractivity contribution in [1.82, 2.24) is 5.32 Å². The van der Waals surface area contributed by atoms with Crippen LogP contribution < -0.4 is 5.32 Å². The molecule has 1 aliphatic heterocycles. The largest absolute Gasteiger partial charge is 0.481 e. The normalized spacial score (nSPS) is 25.1. The molecule has 0 aliphatic carbocycles. The molecule has 0 spiro atoms. The zero-order valence-corrected chi connectivity index (χ0v) is 11.3. The molecule has 1 fully saturated rings. The molecule has 1 aliphatic rings. The summed E-state index contributed by atoms with van der Waals surface area (Å²) in [5.41, 5.74) is -0.861. The lowest BCUT2D eigenvalue weighted by molar-refractivity contribution is -0.148. The van der Waals surface area contributed by atoms with Crippen molar-refractivity contribution in [3.8, 4) is 0 Å². The van der Waals surface area contributed by atoms with Crippen LogP contribution in [0.3, 0.4) is 0 Å². The smallest absolute Gasteiger partial charge is 0.317 e. The predicted octanol–water partition coefficient (Wildman–Crippen LogP) is 1.45. The number of imide groups is 1. The first-order valence-electron chi connectivity index (χ1n) is 6.52. The van der Waals surface area contributed by atoms with Gasteiger partial charge in [0.2, 0.25) is 11.8 Å². The van der Waals surface area contributed by atoms with Gasteiger partial charge in [-0.3, -0.25) is 19.7 Å². The molecule has 1 heterocycles. The van der Waals surface area contributed by atoms with Crippen LogP contribution >= 0.6 is 0 Å². The lowest BCUT2D eigenvalue weighted by Gasteiger charge is -2.26. The molecule has 0 bridgehead atoms. The number of hydrogen-bond acceptors (Lipinski definition) is 3. The molecule has 2 atom stereocenters. The third kappa shape index (κ3) is 1.74. The zero-order valence-electron chi connectivity index (χ0n) is 11.3. The molecule has 21 heavy (non-hydrogen) atoms. The van der Waals surface area contributed by atoms with E-state index in [1.165, 1.54) is 6.92 Å². The molecule has 1 saturated heterocycles. The van der Waals surface area contributed by atoms with Gasteiger partial charge in [0.1, 0.15) is 0 Å². The summed E-state index contributed by atoms with van der Waals surface area (Å²) in [5, 5.41) is 13.2. The average Bonchev–Trinajstić information content (AvgIpc) is 2.68. The van der Waals surface area contributed by atoms with E-state index >= 15 is 0 Å². The van der Waals surface area contributed by atoms with Crippen LogP contribution in [-0.2, 0) is 19.8 Å². The van der Waals surface area contributed by atoms with Crippen molar-refractivity contribution in [1.29, 1.82) is 0 Å². The Morgan fingerprint density at radius 3 is 2.52 bits per heavy atom. The number of nitrogens with one attached hydrogen (secondary N) is 1. The van der Waals surface area contributed by atoms with E-state index in [1.807, 2.05) is 30.3 Å². The number of carboxylic acids is 1. The van der Waals surface area contributed by atoms with Crippen molar-refractivity contribution in [3.05, 3.63) is 48.0 Å². The second-order valence-electron chi connectivity index (χ2n) is 5.32. The van der Waals surface area contributed by atoms with Gasteiger partial charge in [-0.1, -0.05) is 42.5 Å². The standard InChI is InChI=1S/C16H13NO4/c1-16(12(14(19)20)13(18)17-15(16)21)11-8-4-6-9-5-2-3-7-10(9)11/h2-8,12H,1H3,(H,19,20)(H,17,18,21). The van der Waals surface area contributed by atoms with Gasteiger partial charge in [0.05, 0.1) is 5.41 Å². The van der Waals surface area contributed by atoms with E-state index in [1.54, 1.807) is 12.1 Å².